The Morgan fingerprint density at radius 1 is 0.684 bits per heavy atom. The summed E-state index contributed by atoms with van der Waals surface area (Å²) in [6.45, 7) is 23.8. The molecule has 0 radical (unpaired) electrons. The standard InChI is InChI=1S/C16H34Si3/c1-17(2,3)14-15(18(4,5)6)12-10-11-13-16(14,15)19(7,8)9/h10-11,14H,12-13H2,1-9H3/t14?,15-,16+. The molecule has 2 aliphatic rings. The molecule has 19 heavy (non-hydrogen) atoms. The molecule has 3 atom stereocenters. The predicted molar refractivity (Wildman–Crippen MR) is 97.5 cm³/mol. The number of hydrogen-bond acceptors (Lipinski definition) is 0. The Morgan fingerprint density at radius 2 is 1.00 bits per heavy atom. The Kier molecular flexibility index (Phi) is 3.30. The van der Waals surface area contributed by atoms with Crippen molar-refractivity contribution in [3.8, 4) is 0 Å². The number of rotatable bonds is 3. The molecule has 0 amide bonds. The van der Waals surface area contributed by atoms with Crippen molar-refractivity contribution in [2.75, 3.05) is 0 Å². The van der Waals surface area contributed by atoms with Crippen molar-refractivity contribution in [2.45, 2.75) is 87.4 Å². The van der Waals surface area contributed by atoms with Crippen LogP contribution in [0.2, 0.25) is 74.5 Å². The van der Waals surface area contributed by atoms with Crippen LogP contribution < -0.4 is 0 Å². The molecule has 0 bridgehead atoms. The Hall–Kier alpha value is 0.391. The maximum Gasteiger partial charge on any atom is 0.0513 e. The quantitative estimate of drug-likeness (QED) is 0.429. The summed E-state index contributed by atoms with van der Waals surface area (Å²) in [7, 11) is -3.37. The lowest BCUT2D eigenvalue weighted by Crippen LogP contribution is -2.41. The van der Waals surface area contributed by atoms with Gasteiger partial charge in [-0.2, -0.15) is 0 Å². The molecule has 110 valence electrons. The second-order valence-electron chi connectivity index (χ2n) is 10.1. The average Bonchev–Trinajstić information content (AvgIpc) is 2.81. The Labute approximate surface area is 124 Å². The maximum atomic E-state index is 2.65. The minimum Gasteiger partial charge on any atom is -0.0883 e. The van der Waals surface area contributed by atoms with E-state index in [4.69, 9.17) is 0 Å². The molecule has 2 aliphatic carbocycles. The van der Waals surface area contributed by atoms with Gasteiger partial charge in [-0.05, 0) is 28.5 Å². The zero-order valence-electron chi connectivity index (χ0n) is 14.6. The molecule has 1 fully saturated rings. The molecule has 0 aromatic heterocycles. The van der Waals surface area contributed by atoms with E-state index in [9.17, 15) is 0 Å². The molecule has 0 heterocycles. The smallest absolute Gasteiger partial charge is 0.0513 e. The molecule has 0 aliphatic heterocycles. The summed E-state index contributed by atoms with van der Waals surface area (Å²) in [5, 5.41) is 1.48. The normalized spacial score (nSPS) is 39.1. The third-order valence-electron chi connectivity index (χ3n) is 6.29. The molecule has 0 nitrogen and oxygen atoms in total. The van der Waals surface area contributed by atoms with Crippen molar-refractivity contribution in [1.29, 1.82) is 0 Å². The SMILES string of the molecule is C[Si](C)(C)C1[C@@]2([Si](C)(C)C)CC=CC[C@@]12[Si](C)(C)C. The van der Waals surface area contributed by atoms with Gasteiger partial charge in [0.2, 0.25) is 0 Å². The summed E-state index contributed by atoms with van der Waals surface area (Å²) in [5.74, 6) is 0. The van der Waals surface area contributed by atoms with Gasteiger partial charge in [0.05, 0.1) is 16.1 Å². The van der Waals surface area contributed by atoms with Crippen LogP contribution in [-0.2, 0) is 0 Å². The van der Waals surface area contributed by atoms with E-state index in [1.54, 1.807) is 0 Å². The second-order valence-corrected chi connectivity index (χ2v) is 26.2. The van der Waals surface area contributed by atoms with E-state index < -0.39 is 24.2 Å². The van der Waals surface area contributed by atoms with E-state index in [2.05, 4.69) is 71.1 Å². The van der Waals surface area contributed by atoms with Crippen LogP contribution in [0, 0.1) is 0 Å². The van der Waals surface area contributed by atoms with E-state index in [0.717, 1.165) is 15.6 Å². The van der Waals surface area contributed by atoms with Gasteiger partial charge in [0.15, 0.2) is 0 Å². The molecular formula is C16H34Si3. The number of hydrogen-bond donors (Lipinski definition) is 0. The van der Waals surface area contributed by atoms with Gasteiger partial charge in [-0.1, -0.05) is 71.1 Å². The number of fused-ring (bicyclic) bond motifs is 1. The average molecular weight is 311 g/mol. The summed E-state index contributed by atoms with van der Waals surface area (Å²) in [6, 6.07) is 0. The molecule has 0 aromatic rings. The van der Waals surface area contributed by atoms with Crippen molar-refractivity contribution < 1.29 is 0 Å². The molecular weight excluding hydrogens is 276 g/mol. The minimum absolute atomic E-state index is 0.740. The summed E-state index contributed by atoms with van der Waals surface area (Å²) < 4.78 is 0. The van der Waals surface area contributed by atoms with Crippen LogP contribution in [-0.4, -0.2) is 24.2 Å². The van der Waals surface area contributed by atoms with Crippen molar-refractivity contribution in [2.24, 2.45) is 0 Å². The first-order valence-corrected chi connectivity index (χ1v) is 18.6. The van der Waals surface area contributed by atoms with Crippen molar-refractivity contribution in [3.63, 3.8) is 0 Å². The highest BCUT2D eigenvalue weighted by atomic mass is 28.3. The molecule has 0 saturated heterocycles. The van der Waals surface area contributed by atoms with Gasteiger partial charge < -0.3 is 0 Å². The van der Waals surface area contributed by atoms with E-state index in [-0.39, 0.29) is 0 Å². The first-order valence-electron chi connectivity index (χ1n) is 7.97. The van der Waals surface area contributed by atoms with Gasteiger partial charge in [-0.25, -0.2) is 0 Å². The predicted octanol–water partition coefficient (Wildman–Crippen LogP) is 6.22. The molecule has 0 spiro atoms. The highest BCUT2D eigenvalue weighted by Gasteiger charge is 2.84. The van der Waals surface area contributed by atoms with Crippen molar-refractivity contribution in [1.82, 2.24) is 0 Å². The number of allylic oxidation sites excluding steroid dienone is 2. The molecule has 3 heteroatoms. The second kappa shape index (κ2) is 3.98. The maximum absolute atomic E-state index is 2.65. The van der Waals surface area contributed by atoms with Gasteiger partial charge in [0, 0.05) is 8.07 Å². The lowest BCUT2D eigenvalue weighted by molar-refractivity contribution is 0.678. The summed E-state index contributed by atoms with van der Waals surface area (Å²) >= 11 is 0. The van der Waals surface area contributed by atoms with Gasteiger partial charge in [-0.3, -0.25) is 0 Å². The monoisotopic (exact) mass is 310 g/mol. The third kappa shape index (κ3) is 1.80. The van der Waals surface area contributed by atoms with Gasteiger partial charge >= 0.3 is 0 Å². The zero-order valence-corrected chi connectivity index (χ0v) is 17.6. The molecule has 1 unspecified atom stereocenters. The third-order valence-corrected chi connectivity index (χ3v) is 17.1. The lowest BCUT2D eigenvalue weighted by atomic mass is 10.1. The van der Waals surface area contributed by atoms with Crippen LogP contribution >= 0.6 is 0 Å². The Morgan fingerprint density at radius 3 is 1.21 bits per heavy atom. The highest BCUT2D eigenvalue weighted by molar-refractivity contribution is 6.95. The van der Waals surface area contributed by atoms with E-state index in [1.807, 2.05) is 0 Å². The minimum atomic E-state index is -1.14. The Balaban J connectivity index is 2.64. The van der Waals surface area contributed by atoms with Gasteiger partial charge in [0.25, 0.3) is 0 Å². The zero-order chi connectivity index (χ0) is 14.9. The van der Waals surface area contributed by atoms with Crippen LogP contribution in [0.15, 0.2) is 12.2 Å². The van der Waals surface area contributed by atoms with Gasteiger partial charge in [0.1, 0.15) is 0 Å². The van der Waals surface area contributed by atoms with Crippen molar-refractivity contribution in [3.05, 3.63) is 12.2 Å². The van der Waals surface area contributed by atoms with Crippen LogP contribution in [0.4, 0.5) is 0 Å². The topological polar surface area (TPSA) is 0 Å². The van der Waals surface area contributed by atoms with Crippen LogP contribution in [0.25, 0.3) is 0 Å². The summed E-state index contributed by atoms with van der Waals surface area (Å²) in [5.41, 5.74) is 1.08. The van der Waals surface area contributed by atoms with E-state index >= 15 is 0 Å². The molecule has 1 saturated carbocycles. The lowest BCUT2D eigenvalue weighted by Gasteiger charge is -2.42. The highest BCUT2D eigenvalue weighted by Crippen LogP contribution is 2.97. The fourth-order valence-corrected chi connectivity index (χ4v) is 24.2. The fraction of sp³-hybridized carbons (Fsp3) is 0.875. The van der Waals surface area contributed by atoms with Crippen molar-refractivity contribution >= 4 is 24.2 Å². The van der Waals surface area contributed by atoms with E-state index in [0.29, 0.717) is 0 Å². The first-order chi connectivity index (χ1) is 8.32. The first kappa shape index (κ1) is 15.8. The largest absolute Gasteiger partial charge is 0.0883 e. The molecule has 0 aromatic carbocycles. The van der Waals surface area contributed by atoms with E-state index in [1.165, 1.54) is 12.8 Å². The molecule has 2 rings (SSSR count). The summed E-state index contributed by atoms with van der Waals surface area (Å²) in [4.78, 5) is 0. The van der Waals surface area contributed by atoms with Crippen LogP contribution in [0.1, 0.15) is 12.8 Å². The Bertz CT molecular complexity index is 373. The fourth-order valence-electron chi connectivity index (χ4n) is 6.03. The molecule has 0 N–H and O–H groups in total. The van der Waals surface area contributed by atoms with Crippen LogP contribution in [0.3, 0.4) is 0 Å². The van der Waals surface area contributed by atoms with Crippen LogP contribution in [0.5, 0.6) is 0 Å². The van der Waals surface area contributed by atoms with Gasteiger partial charge in [-0.15, -0.1) is 0 Å². The summed E-state index contributed by atoms with van der Waals surface area (Å²) in [6.07, 6.45) is 7.89.